The molecule has 1 aliphatic heterocycles. The predicted octanol–water partition coefficient (Wildman–Crippen LogP) is -0.265. The van der Waals surface area contributed by atoms with Gasteiger partial charge in [-0.2, -0.15) is 0 Å². The van der Waals surface area contributed by atoms with Crippen molar-refractivity contribution in [2.75, 3.05) is 53.0 Å². The molecule has 1 aliphatic rings. The van der Waals surface area contributed by atoms with Crippen LogP contribution in [0.3, 0.4) is 0 Å². The lowest BCUT2D eigenvalue weighted by Crippen LogP contribution is -3.28. The van der Waals surface area contributed by atoms with Crippen molar-refractivity contribution in [2.24, 2.45) is 0 Å². The minimum absolute atomic E-state index is 0.0464. The number of methoxy groups -OCH3 is 1. The summed E-state index contributed by atoms with van der Waals surface area (Å²) in [5, 5.41) is 3.12. The molecular formula is C23H33N3O3+2. The Morgan fingerprint density at radius 1 is 0.966 bits per heavy atom. The Bertz CT molecular complexity index is 744. The average molecular weight is 400 g/mol. The van der Waals surface area contributed by atoms with Crippen molar-refractivity contribution in [1.82, 2.24) is 5.32 Å². The van der Waals surface area contributed by atoms with Crippen LogP contribution in [0, 0.1) is 0 Å². The van der Waals surface area contributed by atoms with Gasteiger partial charge in [-0.25, -0.2) is 0 Å². The maximum Gasteiger partial charge on any atom is 0.275 e. The molecule has 0 bridgehead atoms. The first kappa shape index (κ1) is 21.1. The Labute approximate surface area is 173 Å². The number of hydrogen-bond donors (Lipinski definition) is 3. The monoisotopic (exact) mass is 399 g/mol. The molecule has 0 aliphatic carbocycles. The maximum absolute atomic E-state index is 12.4. The smallest absolute Gasteiger partial charge is 0.275 e. The molecule has 1 fully saturated rings. The van der Waals surface area contributed by atoms with E-state index >= 15 is 0 Å². The first-order valence-electron chi connectivity index (χ1n) is 10.4. The zero-order valence-corrected chi connectivity index (χ0v) is 17.4. The zero-order valence-electron chi connectivity index (χ0n) is 17.4. The second-order valence-corrected chi connectivity index (χ2v) is 7.65. The number of carbonyl (C=O) groups is 1. The van der Waals surface area contributed by atoms with Crippen LogP contribution in [-0.4, -0.2) is 58.9 Å². The highest BCUT2D eigenvalue weighted by Gasteiger charge is 2.25. The molecule has 0 radical (unpaired) electrons. The van der Waals surface area contributed by atoms with Crippen molar-refractivity contribution in [2.45, 2.75) is 13.0 Å². The molecule has 6 heteroatoms. The predicted molar refractivity (Wildman–Crippen MR) is 113 cm³/mol. The average Bonchev–Trinajstić information content (AvgIpc) is 2.76. The first-order chi connectivity index (χ1) is 14.1. The third-order valence-electron chi connectivity index (χ3n) is 5.54. The lowest BCUT2D eigenvalue weighted by molar-refractivity contribution is -1.01. The molecule has 3 rings (SSSR count). The lowest BCUT2D eigenvalue weighted by atomic mass is 10.1. The summed E-state index contributed by atoms with van der Waals surface area (Å²) in [5.41, 5.74) is 1.14. The second-order valence-electron chi connectivity index (χ2n) is 7.65. The number of amides is 1. The molecule has 1 heterocycles. The highest BCUT2D eigenvalue weighted by Crippen LogP contribution is 2.16. The quantitative estimate of drug-likeness (QED) is 0.544. The van der Waals surface area contributed by atoms with Gasteiger partial charge in [0, 0.05) is 0 Å². The van der Waals surface area contributed by atoms with E-state index in [4.69, 9.17) is 9.47 Å². The van der Waals surface area contributed by atoms with Gasteiger partial charge in [0.25, 0.3) is 5.91 Å². The van der Waals surface area contributed by atoms with Gasteiger partial charge in [0.1, 0.15) is 50.8 Å². The third-order valence-corrected chi connectivity index (χ3v) is 5.54. The SMILES string of the molecule is COc1ccc(OCC[NH+]2CC[NH+](CC(=O)N[C@H](C)c3ccccc3)CC2)cc1. The van der Waals surface area contributed by atoms with Crippen LogP contribution in [0.25, 0.3) is 0 Å². The number of rotatable bonds is 9. The van der Waals surface area contributed by atoms with Crippen molar-refractivity contribution in [3.63, 3.8) is 0 Å². The number of piperazine rings is 1. The van der Waals surface area contributed by atoms with Gasteiger partial charge < -0.3 is 24.6 Å². The molecule has 0 aromatic heterocycles. The largest absolute Gasteiger partial charge is 0.497 e. The Morgan fingerprint density at radius 2 is 1.59 bits per heavy atom. The maximum atomic E-state index is 12.4. The molecule has 1 saturated heterocycles. The minimum Gasteiger partial charge on any atom is -0.497 e. The zero-order chi connectivity index (χ0) is 20.5. The summed E-state index contributed by atoms with van der Waals surface area (Å²) in [5.74, 6) is 1.84. The first-order valence-corrected chi connectivity index (χ1v) is 10.4. The molecule has 2 aromatic rings. The molecule has 0 spiro atoms. The summed E-state index contributed by atoms with van der Waals surface area (Å²) in [6.07, 6.45) is 0. The van der Waals surface area contributed by atoms with E-state index in [1.54, 1.807) is 12.0 Å². The fourth-order valence-electron chi connectivity index (χ4n) is 3.71. The number of nitrogens with one attached hydrogen (secondary N) is 3. The van der Waals surface area contributed by atoms with E-state index in [2.05, 4.69) is 5.32 Å². The molecule has 0 saturated carbocycles. The number of ether oxygens (including phenoxy) is 2. The van der Waals surface area contributed by atoms with E-state index in [1.807, 2.05) is 61.5 Å². The van der Waals surface area contributed by atoms with Crippen LogP contribution < -0.4 is 24.6 Å². The van der Waals surface area contributed by atoms with Crippen LogP contribution in [0.2, 0.25) is 0 Å². The van der Waals surface area contributed by atoms with Gasteiger partial charge in [-0.15, -0.1) is 0 Å². The highest BCUT2D eigenvalue weighted by molar-refractivity contribution is 5.77. The van der Waals surface area contributed by atoms with E-state index in [0.29, 0.717) is 13.2 Å². The van der Waals surface area contributed by atoms with Gasteiger partial charge in [0.05, 0.1) is 13.2 Å². The Hall–Kier alpha value is -2.57. The van der Waals surface area contributed by atoms with E-state index in [-0.39, 0.29) is 11.9 Å². The van der Waals surface area contributed by atoms with Crippen LogP contribution in [0.4, 0.5) is 0 Å². The number of carbonyl (C=O) groups excluding carboxylic acids is 1. The van der Waals surface area contributed by atoms with Gasteiger partial charge in [-0.1, -0.05) is 30.3 Å². The topological polar surface area (TPSA) is 56.4 Å². The number of benzene rings is 2. The fraction of sp³-hybridized carbons (Fsp3) is 0.435. The molecular weight excluding hydrogens is 366 g/mol. The van der Waals surface area contributed by atoms with Gasteiger partial charge >= 0.3 is 0 Å². The van der Waals surface area contributed by atoms with E-state index in [9.17, 15) is 4.79 Å². The summed E-state index contributed by atoms with van der Waals surface area (Å²) in [4.78, 5) is 15.3. The molecule has 1 amide bonds. The van der Waals surface area contributed by atoms with Crippen LogP contribution >= 0.6 is 0 Å². The van der Waals surface area contributed by atoms with Crippen molar-refractivity contribution in [3.8, 4) is 11.5 Å². The highest BCUT2D eigenvalue weighted by atomic mass is 16.5. The van der Waals surface area contributed by atoms with Gasteiger partial charge in [0.15, 0.2) is 6.54 Å². The van der Waals surface area contributed by atoms with Gasteiger partial charge in [0.2, 0.25) is 0 Å². The standard InChI is InChI=1S/C23H31N3O3/c1-19(20-6-4-3-5-7-20)24-23(27)18-26-14-12-25(13-15-26)16-17-29-22-10-8-21(28-2)9-11-22/h3-11,19H,12-18H2,1-2H3,(H,24,27)/p+2/t19-/m1/s1. The van der Waals surface area contributed by atoms with Crippen LogP contribution in [-0.2, 0) is 4.79 Å². The van der Waals surface area contributed by atoms with Crippen molar-refractivity contribution in [1.29, 1.82) is 0 Å². The molecule has 29 heavy (non-hydrogen) atoms. The molecule has 156 valence electrons. The summed E-state index contributed by atoms with van der Waals surface area (Å²) in [7, 11) is 1.66. The molecule has 1 atom stereocenters. The van der Waals surface area contributed by atoms with Crippen molar-refractivity contribution in [3.05, 3.63) is 60.2 Å². The van der Waals surface area contributed by atoms with E-state index in [0.717, 1.165) is 49.8 Å². The normalized spacial score (nSPS) is 19.9. The summed E-state index contributed by atoms with van der Waals surface area (Å²) >= 11 is 0. The summed E-state index contributed by atoms with van der Waals surface area (Å²) in [6.45, 7) is 8.45. The van der Waals surface area contributed by atoms with Crippen LogP contribution in [0.1, 0.15) is 18.5 Å². The van der Waals surface area contributed by atoms with Crippen molar-refractivity contribution >= 4 is 5.91 Å². The number of quaternary nitrogens is 2. The summed E-state index contributed by atoms with van der Waals surface area (Å²) < 4.78 is 11.0. The van der Waals surface area contributed by atoms with Crippen LogP contribution in [0.5, 0.6) is 11.5 Å². The minimum atomic E-state index is 0.0464. The van der Waals surface area contributed by atoms with Gasteiger partial charge in [-0.05, 0) is 36.8 Å². The van der Waals surface area contributed by atoms with Crippen molar-refractivity contribution < 1.29 is 24.1 Å². The summed E-state index contributed by atoms with van der Waals surface area (Å²) in [6, 6.07) is 17.8. The lowest BCUT2D eigenvalue weighted by Gasteiger charge is -2.29. The molecule has 0 unspecified atom stereocenters. The Kier molecular flexibility index (Phi) is 7.90. The molecule has 2 aromatic carbocycles. The number of hydrogen-bond acceptors (Lipinski definition) is 3. The molecule has 3 N–H and O–H groups in total. The fourth-order valence-corrected chi connectivity index (χ4v) is 3.71. The van der Waals surface area contributed by atoms with E-state index < -0.39 is 0 Å². The Morgan fingerprint density at radius 3 is 2.24 bits per heavy atom. The molecule has 6 nitrogen and oxygen atoms in total. The van der Waals surface area contributed by atoms with Crippen LogP contribution in [0.15, 0.2) is 54.6 Å². The third kappa shape index (κ3) is 6.76. The van der Waals surface area contributed by atoms with E-state index in [1.165, 1.54) is 4.90 Å². The Balaban J connectivity index is 1.32. The second kappa shape index (κ2) is 10.8. The van der Waals surface area contributed by atoms with Gasteiger partial charge in [-0.3, -0.25) is 4.79 Å².